The normalized spacial score (nSPS) is 17.5. The van der Waals surface area contributed by atoms with Crippen LogP contribution in [0.2, 0.25) is 5.15 Å². The summed E-state index contributed by atoms with van der Waals surface area (Å²) in [6.07, 6.45) is 7.91. The molecule has 0 unspecified atom stereocenters. The molecule has 0 aliphatic heterocycles. The van der Waals surface area contributed by atoms with Crippen molar-refractivity contribution in [2.24, 2.45) is 5.73 Å². The third-order valence-corrected chi connectivity index (χ3v) is 3.45. The quantitative estimate of drug-likeness (QED) is 0.859. The van der Waals surface area contributed by atoms with E-state index < -0.39 is 0 Å². The number of hydrogen-bond acceptors (Lipinski definition) is 2. The molecule has 15 heavy (non-hydrogen) atoms. The first-order valence-corrected chi connectivity index (χ1v) is 6.11. The summed E-state index contributed by atoms with van der Waals surface area (Å²) in [5, 5.41) is 0.755. The smallest absolute Gasteiger partial charge is 0.128 e. The fourth-order valence-electron chi connectivity index (χ4n) is 2.35. The van der Waals surface area contributed by atoms with Gasteiger partial charge < -0.3 is 10.3 Å². The largest absolute Gasteiger partial charge is 0.330 e. The lowest BCUT2D eigenvalue weighted by Crippen LogP contribution is -2.11. The minimum absolute atomic E-state index is 0.621. The molecule has 3 nitrogen and oxygen atoms in total. The van der Waals surface area contributed by atoms with E-state index >= 15 is 0 Å². The summed E-state index contributed by atoms with van der Waals surface area (Å²) in [4.78, 5) is 4.44. The van der Waals surface area contributed by atoms with E-state index in [1.807, 2.05) is 0 Å². The maximum atomic E-state index is 6.12. The minimum atomic E-state index is 0.621. The molecule has 1 fully saturated rings. The van der Waals surface area contributed by atoms with E-state index in [0.717, 1.165) is 18.1 Å². The summed E-state index contributed by atoms with van der Waals surface area (Å²) in [5.74, 6) is 1.79. The summed E-state index contributed by atoms with van der Waals surface area (Å²) < 4.78 is 2.13. The van der Waals surface area contributed by atoms with Crippen LogP contribution >= 0.6 is 11.6 Å². The lowest BCUT2D eigenvalue weighted by Gasteiger charge is -2.13. The van der Waals surface area contributed by atoms with Crippen molar-refractivity contribution >= 4 is 11.6 Å². The molecule has 1 aromatic rings. The molecule has 0 saturated heterocycles. The van der Waals surface area contributed by atoms with Crippen molar-refractivity contribution < 1.29 is 0 Å². The van der Waals surface area contributed by atoms with Crippen LogP contribution in [0, 0.1) is 0 Å². The molecular formula is C11H18ClN3. The maximum absolute atomic E-state index is 6.12. The third-order valence-electron chi connectivity index (χ3n) is 3.14. The van der Waals surface area contributed by atoms with Crippen molar-refractivity contribution in [3.63, 3.8) is 0 Å². The molecular weight excluding hydrogens is 210 g/mol. The number of nitrogens with two attached hydrogens (primary N) is 1. The number of imidazole rings is 1. The molecule has 0 amide bonds. The Hall–Kier alpha value is -0.540. The van der Waals surface area contributed by atoms with Crippen LogP contribution in [-0.4, -0.2) is 16.1 Å². The highest BCUT2D eigenvalue weighted by Gasteiger charge is 2.22. The van der Waals surface area contributed by atoms with Gasteiger partial charge in [0.1, 0.15) is 11.0 Å². The van der Waals surface area contributed by atoms with Crippen LogP contribution in [-0.2, 0) is 6.54 Å². The van der Waals surface area contributed by atoms with E-state index in [1.165, 1.54) is 31.5 Å². The lowest BCUT2D eigenvalue weighted by atomic mass is 10.1. The zero-order valence-electron chi connectivity index (χ0n) is 8.95. The van der Waals surface area contributed by atoms with Crippen LogP contribution in [0.5, 0.6) is 0 Å². The molecule has 0 atom stereocenters. The summed E-state index contributed by atoms with van der Waals surface area (Å²) in [5.41, 5.74) is 5.52. The van der Waals surface area contributed by atoms with Crippen LogP contribution in [0.1, 0.15) is 43.8 Å². The van der Waals surface area contributed by atoms with Gasteiger partial charge in [0.15, 0.2) is 0 Å². The fourth-order valence-corrected chi connectivity index (χ4v) is 2.57. The molecule has 4 heteroatoms. The number of halogens is 1. The molecule has 1 aliphatic carbocycles. The second kappa shape index (κ2) is 4.99. The van der Waals surface area contributed by atoms with Gasteiger partial charge in [0.05, 0.1) is 6.20 Å². The standard InChI is InChI=1S/C11H18ClN3/c12-10-8-14-11(9-4-1-2-5-9)15(10)7-3-6-13/h8-9H,1-7,13H2. The highest BCUT2D eigenvalue weighted by atomic mass is 35.5. The van der Waals surface area contributed by atoms with Gasteiger partial charge in [-0.1, -0.05) is 24.4 Å². The van der Waals surface area contributed by atoms with E-state index in [0.29, 0.717) is 12.5 Å². The van der Waals surface area contributed by atoms with Crippen molar-refractivity contribution in [3.05, 3.63) is 17.2 Å². The van der Waals surface area contributed by atoms with Crippen molar-refractivity contribution in [1.82, 2.24) is 9.55 Å². The zero-order chi connectivity index (χ0) is 10.7. The second-order valence-corrected chi connectivity index (χ2v) is 4.60. The summed E-state index contributed by atoms with van der Waals surface area (Å²) in [7, 11) is 0. The summed E-state index contributed by atoms with van der Waals surface area (Å²) in [6.45, 7) is 1.61. The van der Waals surface area contributed by atoms with Gasteiger partial charge in [0.25, 0.3) is 0 Å². The van der Waals surface area contributed by atoms with Gasteiger partial charge in [0.2, 0.25) is 0 Å². The van der Waals surface area contributed by atoms with Crippen molar-refractivity contribution in [3.8, 4) is 0 Å². The second-order valence-electron chi connectivity index (χ2n) is 4.21. The fraction of sp³-hybridized carbons (Fsp3) is 0.727. The first kappa shape index (κ1) is 11.0. The van der Waals surface area contributed by atoms with E-state index in [4.69, 9.17) is 17.3 Å². The maximum Gasteiger partial charge on any atom is 0.128 e. The Labute approximate surface area is 95.6 Å². The predicted octanol–water partition coefficient (Wildman–Crippen LogP) is 2.54. The average Bonchev–Trinajstić information content (AvgIpc) is 2.84. The molecule has 1 aromatic heterocycles. The molecule has 84 valence electrons. The highest BCUT2D eigenvalue weighted by Crippen LogP contribution is 2.34. The Morgan fingerprint density at radius 1 is 1.47 bits per heavy atom. The van der Waals surface area contributed by atoms with Crippen molar-refractivity contribution in [2.75, 3.05) is 6.54 Å². The van der Waals surface area contributed by atoms with Crippen LogP contribution in [0.25, 0.3) is 0 Å². The monoisotopic (exact) mass is 227 g/mol. The number of nitrogens with zero attached hydrogens (tertiary/aromatic N) is 2. The average molecular weight is 228 g/mol. The predicted molar refractivity (Wildman–Crippen MR) is 62.1 cm³/mol. The van der Waals surface area contributed by atoms with Crippen LogP contribution in [0.4, 0.5) is 0 Å². The number of aromatic nitrogens is 2. The van der Waals surface area contributed by atoms with Gasteiger partial charge in [0, 0.05) is 12.5 Å². The van der Waals surface area contributed by atoms with Gasteiger partial charge in [-0.25, -0.2) is 4.98 Å². The van der Waals surface area contributed by atoms with Crippen LogP contribution in [0.3, 0.4) is 0 Å². The number of rotatable bonds is 4. The van der Waals surface area contributed by atoms with Gasteiger partial charge in [-0.2, -0.15) is 0 Å². The van der Waals surface area contributed by atoms with Crippen LogP contribution < -0.4 is 5.73 Å². The topological polar surface area (TPSA) is 43.8 Å². The molecule has 0 bridgehead atoms. The number of hydrogen-bond donors (Lipinski definition) is 1. The highest BCUT2D eigenvalue weighted by molar-refractivity contribution is 6.29. The Morgan fingerprint density at radius 3 is 2.87 bits per heavy atom. The molecule has 2 rings (SSSR count). The first-order valence-electron chi connectivity index (χ1n) is 5.74. The SMILES string of the molecule is NCCCn1c(Cl)cnc1C1CCCC1. The van der Waals surface area contributed by atoms with E-state index in [2.05, 4.69) is 9.55 Å². The molecule has 1 saturated carbocycles. The third kappa shape index (κ3) is 2.34. The van der Waals surface area contributed by atoms with Crippen molar-refractivity contribution in [2.45, 2.75) is 44.6 Å². The molecule has 1 aliphatic rings. The minimum Gasteiger partial charge on any atom is -0.330 e. The zero-order valence-corrected chi connectivity index (χ0v) is 9.71. The first-order chi connectivity index (χ1) is 7.33. The molecule has 1 heterocycles. The molecule has 0 radical (unpaired) electrons. The summed E-state index contributed by atoms with van der Waals surface area (Å²) >= 11 is 6.12. The Balaban J connectivity index is 2.14. The summed E-state index contributed by atoms with van der Waals surface area (Å²) in [6, 6.07) is 0. The van der Waals surface area contributed by atoms with Crippen LogP contribution in [0.15, 0.2) is 6.20 Å². The molecule has 0 aromatic carbocycles. The van der Waals surface area contributed by atoms with Crippen molar-refractivity contribution in [1.29, 1.82) is 0 Å². The Kier molecular flexibility index (Phi) is 3.65. The Morgan fingerprint density at radius 2 is 2.20 bits per heavy atom. The Bertz CT molecular complexity index is 316. The van der Waals surface area contributed by atoms with E-state index in [9.17, 15) is 0 Å². The van der Waals surface area contributed by atoms with E-state index in [-0.39, 0.29) is 0 Å². The lowest BCUT2D eigenvalue weighted by molar-refractivity contribution is 0.565. The van der Waals surface area contributed by atoms with E-state index in [1.54, 1.807) is 6.20 Å². The molecule has 2 N–H and O–H groups in total. The van der Waals surface area contributed by atoms with Gasteiger partial charge in [-0.05, 0) is 25.8 Å². The van der Waals surface area contributed by atoms with Gasteiger partial charge in [-0.3, -0.25) is 0 Å². The molecule has 0 spiro atoms. The van der Waals surface area contributed by atoms with Gasteiger partial charge >= 0.3 is 0 Å². The van der Waals surface area contributed by atoms with Gasteiger partial charge in [-0.15, -0.1) is 0 Å².